The second kappa shape index (κ2) is 9.37. The smallest absolute Gasteiger partial charge is 0.318 e. The van der Waals surface area contributed by atoms with E-state index in [0.29, 0.717) is 26.1 Å². The summed E-state index contributed by atoms with van der Waals surface area (Å²) in [5, 5.41) is 8.76. The topological polar surface area (TPSA) is 83.6 Å². The lowest BCUT2D eigenvalue weighted by atomic mass is 10.2. The highest BCUT2D eigenvalue weighted by atomic mass is 32.1. The van der Waals surface area contributed by atoms with Crippen LogP contribution >= 0.6 is 11.3 Å². The van der Waals surface area contributed by atoms with Crippen LogP contribution in [0.5, 0.6) is 0 Å². The molecule has 0 radical (unpaired) electrons. The third-order valence-corrected chi connectivity index (χ3v) is 6.28. The summed E-state index contributed by atoms with van der Waals surface area (Å²) < 4.78 is 5.54. The number of ether oxygens (including phenoxy) is 1. The fourth-order valence-electron chi connectivity index (χ4n) is 3.79. The van der Waals surface area contributed by atoms with Crippen molar-refractivity contribution >= 4 is 23.3 Å². The molecule has 2 fully saturated rings. The standard InChI is InChI=1S/C21H26N4O3S/c26-19(22-12-16-14-29-20(24-16)15-6-2-1-3-7-15)18-9-4-10-25(18)21(27)23-13-17-8-5-11-28-17/h1-3,6-7,14,17-18H,4-5,8-13H2,(H,22,26)(H,23,27)/t17?,18-/m1/s1. The highest BCUT2D eigenvalue weighted by Crippen LogP contribution is 2.23. The van der Waals surface area contributed by atoms with Crippen molar-refractivity contribution in [2.24, 2.45) is 0 Å². The maximum atomic E-state index is 12.7. The lowest BCUT2D eigenvalue weighted by molar-refractivity contribution is -0.124. The van der Waals surface area contributed by atoms with Gasteiger partial charge in [0.05, 0.1) is 18.3 Å². The predicted molar refractivity (Wildman–Crippen MR) is 111 cm³/mol. The molecule has 154 valence electrons. The summed E-state index contributed by atoms with van der Waals surface area (Å²) in [6.07, 6.45) is 3.63. The zero-order valence-electron chi connectivity index (χ0n) is 16.3. The summed E-state index contributed by atoms with van der Waals surface area (Å²) in [5.41, 5.74) is 1.90. The number of carbonyl (C=O) groups excluding carboxylic acids is 2. The summed E-state index contributed by atoms with van der Waals surface area (Å²) in [6, 6.07) is 9.38. The van der Waals surface area contributed by atoms with Gasteiger partial charge in [-0.2, -0.15) is 0 Å². The van der Waals surface area contributed by atoms with Crippen molar-refractivity contribution in [3.8, 4) is 10.6 Å². The van der Waals surface area contributed by atoms with Gasteiger partial charge in [0.2, 0.25) is 5.91 Å². The molecule has 1 aromatic carbocycles. The normalized spacial score (nSPS) is 21.3. The Hall–Kier alpha value is -2.45. The minimum Gasteiger partial charge on any atom is -0.376 e. The van der Waals surface area contributed by atoms with Gasteiger partial charge in [0.15, 0.2) is 0 Å². The number of hydrogen-bond acceptors (Lipinski definition) is 5. The average molecular weight is 415 g/mol. The van der Waals surface area contributed by atoms with Gasteiger partial charge in [0, 0.05) is 30.6 Å². The van der Waals surface area contributed by atoms with Gasteiger partial charge >= 0.3 is 6.03 Å². The maximum absolute atomic E-state index is 12.7. The minimum absolute atomic E-state index is 0.0947. The molecule has 2 saturated heterocycles. The zero-order chi connectivity index (χ0) is 20.1. The van der Waals surface area contributed by atoms with Gasteiger partial charge in [0.25, 0.3) is 0 Å². The van der Waals surface area contributed by atoms with Crippen LogP contribution in [0, 0.1) is 0 Å². The van der Waals surface area contributed by atoms with Gasteiger partial charge in [-0.25, -0.2) is 9.78 Å². The van der Waals surface area contributed by atoms with Gasteiger partial charge in [0.1, 0.15) is 11.0 Å². The lowest BCUT2D eigenvalue weighted by Gasteiger charge is -2.24. The molecule has 7 nitrogen and oxygen atoms in total. The highest BCUT2D eigenvalue weighted by Gasteiger charge is 2.34. The molecule has 2 aliphatic heterocycles. The molecule has 3 amide bonds. The van der Waals surface area contributed by atoms with Crippen LogP contribution in [0.4, 0.5) is 4.79 Å². The van der Waals surface area contributed by atoms with Gasteiger partial charge in [-0.05, 0) is 25.7 Å². The number of benzene rings is 1. The molecule has 0 spiro atoms. The number of nitrogens with one attached hydrogen (secondary N) is 2. The van der Waals surface area contributed by atoms with Gasteiger partial charge in [-0.1, -0.05) is 30.3 Å². The van der Waals surface area contributed by atoms with Gasteiger partial charge < -0.3 is 20.3 Å². The van der Waals surface area contributed by atoms with E-state index in [1.54, 1.807) is 16.2 Å². The number of rotatable bonds is 6. The van der Waals surface area contributed by atoms with Crippen molar-refractivity contribution in [2.75, 3.05) is 19.7 Å². The molecular weight excluding hydrogens is 388 g/mol. The molecule has 0 bridgehead atoms. The van der Waals surface area contributed by atoms with E-state index in [1.807, 2.05) is 35.7 Å². The third-order valence-electron chi connectivity index (χ3n) is 5.34. The molecule has 29 heavy (non-hydrogen) atoms. The van der Waals surface area contributed by atoms with Crippen molar-refractivity contribution in [3.63, 3.8) is 0 Å². The van der Waals surface area contributed by atoms with Crippen LogP contribution in [-0.2, 0) is 16.1 Å². The molecule has 2 atom stereocenters. The van der Waals surface area contributed by atoms with E-state index in [-0.39, 0.29) is 18.0 Å². The molecule has 1 aromatic heterocycles. The first-order chi connectivity index (χ1) is 14.2. The lowest BCUT2D eigenvalue weighted by Crippen LogP contribution is -2.50. The van der Waals surface area contributed by atoms with E-state index >= 15 is 0 Å². The van der Waals surface area contributed by atoms with Crippen LogP contribution in [0.25, 0.3) is 10.6 Å². The largest absolute Gasteiger partial charge is 0.376 e. The predicted octanol–water partition coefficient (Wildman–Crippen LogP) is 2.78. The summed E-state index contributed by atoms with van der Waals surface area (Å²) in [4.78, 5) is 31.5. The monoisotopic (exact) mass is 414 g/mol. The fraction of sp³-hybridized carbons (Fsp3) is 0.476. The first-order valence-corrected chi connectivity index (χ1v) is 11.0. The van der Waals surface area contributed by atoms with E-state index in [4.69, 9.17) is 4.74 Å². The van der Waals surface area contributed by atoms with Gasteiger partial charge in [-0.15, -0.1) is 11.3 Å². The molecule has 4 rings (SSSR count). The van der Waals surface area contributed by atoms with Crippen molar-refractivity contribution in [1.82, 2.24) is 20.5 Å². The second-order valence-electron chi connectivity index (χ2n) is 7.40. The van der Waals surface area contributed by atoms with E-state index in [1.165, 1.54) is 0 Å². The van der Waals surface area contributed by atoms with Crippen molar-refractivity contribution in [2.45, 2.75) is 44.4 Å². The Morgan fingerprint density at radius 1 is 1.17 bits per heavy atom. The zero-order valence-corrected chi connectivity index (χ0v) is 17.1. The molecule has 2 aliphatic rings. The van der Waals surface area contributed by atoms with Crippen LogP contribution in [0.3, 0.4) is 0 Å². The SMILES string of the molecule is O=C(NCc1csc(-c2ccccc2)n1)[C@H]1CCCN1C(=O)NCC1CCCO1. The summed E-state index contributed by atoms with van der Waals surface area (Å²) >= 11 is 1.56. The molecule has 0 saturated carbocycles. The Labute approximate surface area is 174 Å². The minimum atomic E-state index is -0.424. The maximum Gasteiger partial charge on any atom is 0.318 e. The Kier molecular flexibility index (Phi) is 6.41. The Bertz CT molecular complexity index is 835. The molecule has 8 heteroatoms. The van der Waals surface area contributed by atoms with Crippen molar-refractivity contribution in [3.05, 3.63) is 41.4 Å². The first kappa shape index (κ1) is 19.8. The Balaban J connectivity index is 1.28. The number of carbonyl (C=O) groups is 2. The molecule has 2 N–H and O–H groups in total. The van der Waals surface area contributed by atoms with Crippen LogP contribution in [0.15, 0.2) is 35.7 Å². The van der Waals surface area contributed by atoms with E-state index in [2.05, 4.69) is 15.6 Å². The van der Waals surface area contributed by atoms with Crippen LogP contribution in [0.2, 0.25) is 0 Å². The molecule has 2 aromatic rings. The first-order valence-electron chi connectivity index (χ1n) is 10.1. The molecule has 1 unspecified atom stereocenters. The third kappa shape index (κ3) is 4.94. The van der Waals surface area contributed by atoms with Crippen LogP contribution in [0.1, 0.15) is 31.4 Å². The van der Waals surface area contributed by atoms with E-state index < -0.39 is 6.04 Å². The van der Waals surface area contributed by atoms with Crippen LogP contribution < -0.4 is 10.6 Å². The number of amides is 3. The average Bonchev–Trinajstić information content (AvgIpc) is 3.52. The van der Waals surface area contributed by atoms with E-state index in [0.717, 1.165) is 42.1 Å². The molecular formula is C21H26N4O3S. The van der Waals surface area contributed by atoms with Crippen molar-refractivity contribution in [1.29, 1.82) is 0 Å². The number of hydrogen-bond donors (Lipinski definition) is 2. The van der Waals surface area contributed by atoms with E-state index in [9.17, 15) is 9.59 Å². The summed E-state index contributed by atoms with van der Waals surface area (Å²) in [7, 11) is 0. The fourth-order valence-corrected chi connectivity index (χ4v) is 4.61. The quantitative estimate of drug-likeness (QED) is 0.761. The molecule has 3 heterocycles. The Morgan fingerprint density at radius 3 is 2.83 bits per heavy atom. The number of nitrogens with zero attached hydrogens (tertiary/aromatic N) is 2. The highest BCUT2D eigenvalue weighted by molar-refractivity contribution is 7.13. The van der Waals surface area contributed by atoms with Crippen LogP contribution in [-0.4, -0.2) is 53.7 Å². The number of likely N-dealkylation sites (tertiary alicyclic amines) is 1. The number of urea groups is 1. The number of thiazole rings is 1. The van der Waals surface area contributed by atoms with Gasteiger partial charge in [-0.3, -0.25) is 4.79 Å². The number of aromatic nitrogens is 1. The van der Waals surface area contributed by atoms with Crippen molar-refractivity contribution < 1.29 is 14.3 Å². The molecule has 0 aliphatic carbocycles. The second-order valence-corrected chi connectivity index (χ2v) is 8.26. The Morgan fingerprint density at radius 2 is 2.03 bits per heavy atom. The summed E-state index contributed by atoms with van der Waals surface area (Å²) in [6.45, 7) is 2.23. The summed E-state index contributed by atoms with van der Waals surface area (Å²) in [5.74, 6) is -0.121.